The van der Waals surface area contributed by atoms with Crippen LogP contribution in [-0.2, 0) is 13.1 Å². The van der Waals surface area contributed by atoms with E-state index in [4.69, 9.17) is 0 Å². The molecule has 18 heavy (non-hydrogen) atoms. The molecule has 0 saturated carbocycles. The predicted molar refractivity (Wildman–Crippen MR) is 77.8 cm³/mol. The van der Waals surface area contributed by atoms with Gasteiger partial charge in [-0.3, -0.25) is 0 Å². The molecule has 1 N–H and O–H groups in total. The monoisotopic (exact) mass is 240 g/mol. The summed E-state index contributed by atoms with van der Waals surface area (Å²) in [6.07, 6.45) is 0. The molecule has 2 rings (SSSR count). The van der Waals surface area contributed by atoms with E-state index in [0.29, 0.717) is 0 Å². The molecule has 0 amide bonds. The van der Waals surface area contributed by atoms with E-state index in [9.17, 15) is 0 Å². The van der Waals surface area contributed by atoms with E-state index in [1.54, 1.807) is 0 Å². The van der Waals surface area contributed by atoms with Gasteiger partial charge in [-0.05, 0) is 30.3 Å². The molecule has 94 valence electrons. The van der Waals surface area contributed by atoms with Crippen molar-refractivity contribution in [3.63, 3.8) is 0 Å². The van der Waals surface area contributed by atoms with Crippen LogP contribution in [0, 0.1) is 0 Å². The number of hydrogen-bond donors (Lipinski definition) is 1. The normalized spacial score (nSPS) is 10.3. The van der Waals surface area contributed by atoms with Gasteiger partial charge >= 0.3 is 0 Å². The molecule has 0 unspecified atom stereocenters. The summed E-state index contributed by atoms with van der Waals surface area (Å²) in [6, 6.07) is 19.1. The lowest BCUT2D eigenvalue weighted by Gasteiger charge is -2.21. The summed E-state index contributed by atoms with van der Waals surface area (Å²) in [7, 11) is 4.11. The lowest BCUT2D eigenvalue weighted by atomic mass is 10.1. The number of rotatable bonds is 5. The summed E-state index contributed by atoms with van der Waals surface area (Å²) < 4.78 is 0. The summed E-state index contributed by atoms with van der Waals surface area (Å²) >= 11 is 0. The predicted octanol–water partition coefficient (Wildman–Crippen LogP) is 3.04. The minimum Gasteiger partial charge on any atom is -0.370 e. The van der Waals surface area contributed by atoms with Gasteiger partial charge in [0.05, 0.1) is 0 Å². The highest BCUT2D eigenvalue weighted by Crippen LogP contribution is 2.17. The van der Waals surface area contributed by atoms with Crippen molar-refractivity contribution >= 4 is 5.69 Å². The van der Waals surface area contributed by atoms with Crippen LogP contribution in [0.1, 0.15) is 11.1 Å². The maximum absolute atomic E-state index is 3.22. The number of nitrogens with zero attached hydrogens (tertiary/aromatic N) is 1. The first kappa shape index (κ1) is 12.7. The quantitative estimate of drug-likeness (QED) is 0.864. The maximum atomic E-state index is 3.22. The summed E-state index contributed by atoms with van der Waals surface area (Å²) in [5.74, 6) is 0. The van der Waals surface area contributed by atoms with Gasteiger partial charge in [0.2, 0.25) is 0 Å². The number of anilines is 1. The van der Waals surface area contributed by atoms with Gasteiger partial charge in [-0.1, -0.05) is 42.5 Å². The second-order valence-electron chi connectivity index (χ2n) is 4.49. The first-order valence-electron chi connectivity index (χ1n) is 6.29. The zero-order valence-electron chi connectivity index (χ0n) is 11.1. The average molecular weight is 240 g/mol. The summed E-state index contributed by atoms with van der Waals surface area (Å²) in [5, 5.41) is 3.22. The Balaban J connectivity index is 2.14. The molecule has 0 radical (unpaired) electrons. The van der Waals surface area contributed by atoms with Crippen LogP contribution in [0.25, 0.3) is 0 Å². The van der Waals surface area contributed by atoms with Gasteiger partial charge in [-0.15, -0.1) is 0 Å². The summed E-state index contributed by atoms with van der Waals surface area (Å²) in [5.41, 5.74) is 3.98. The van der Waals surface area contributed by atoms with E-state index in [2.05, 4.69) is 65.8 Å². The molecule has 0 heterocycles. The zero-order chi connectivity index (χ0) is 12.8. The highest BCUT2D eigenvalue weighted by Gasteiger charge is 2.05. The Kier molecular flexibility index (Phi) is 4.37. The van der Waals surface area contributed by atoms with Crippen molar-refractivity contribution in [3.8, 4) is 0 Å². The smallest absolute Gasteiger partial charge is 0.0429 e. The van der Waals surface area contributed by atoms with Crippen LogP contribution in [0.5, 0.6) is 0 Å². The molecule has 2 nitrogen and oxygen atoms in total. The Hall–Kier alpha value is -1.80. The van der Waals surface area contributed by atoms with E-state index >= 15 is 0 Å². The van der Waals surface area contributed by atoms with Gasteiger partial charge in [0.25, 0.3) is 0 Å². The van der Waals surface area contributed by atoms with E-state index in [0.717, 1.165) is 13.1 Å². The Bertz CT molecular complexity index is 479. The molecular formula is C16H20N2. The van der Waals surface area contributed by atoms with E-state index in [1.807, 2.05) is 13.1 Å². The molecule has 0 aliphatic carbocycles. The zero-order valence-corrected chi connectivity index (χ0v) is 11.1. The third-order valence-corrected chi connectivity index (χ3v) is 3.09. The molecule has 0 atom stereocenters. The fourth-order valence-electron chi connectivity index (χ4n) is 2.10. The fraction of sp³-hybridized carbons (Fsp3) is 0.250. The van der Waals surface area contributed by atoms with E-state index in [1.165, 1.54) is 16.8 Å². The maximum Gasteiger partial charge on any atom is 0.0429 e. The van der Waals surface area contributed by atoms with Crippen LogP contribution < -0.4 is 10.2 Å². The van der Waals surface area contributed by atoms with Crippen molar-refractivity contribution in [2.75, 3.05) is 19.0 Å². The van der Waals surface area contributed by atoms with Gasteiger partial charge in [-0.2, -0.15) is 0 Å². The fourth-order valence-corrected chi connectivity index (χ4v) is 2.10. The highest BCUT2D eigenvalue weighted by atomic mass is 15.1. The lowest BCUT2D eigenvalue weighted by molar-refractivity contribution is 0.795. The Morgan fingerprint density at radius 3 is 2.17 bits per heavy atom. The minimum absolute atomic E-state index is 0.915. The molecule has 0 fully saturated rings. The van der Waals surface area contributed by atoms with Gasteiger partial charge in [0, 0.05) is 25.8 Å². The number of nitrogens with one attached hydrogen (secondary N) is 1. The molecule has 0 saturated heterocycles. The van der Waals surface area contributed by atoms with Crippen LogP contribution in [0.4, 0.5) is 5.69 Å². The van der Waals surface area contributed by atoms with Crippen molar-refractivity contribution < 1.29 is 0 Å². The summed E-state index contributed by atoms with van der Waals surface area (Å²) in [6.45, 7) is 1.85. The van der Waals surface area contributed by atoms with Crippen LogP contribution in [0.3, 0.4) is 0 Å². The molecular weight excluding hydrogens is 220 g/mol. The van der Waals surface area contributed by atoms with Crippen molar-refractivity contribution in [3.05, 3.63) is 65.7 Å². The standard InChI is InChI=1S/C16H20N2/c1-17-12-14-8-6-7-9-15(14)13-18(2)16-10-4-3-5-11-16/h3-11,17H,12-13H2,1-2H3. The third kappa shape index (κ3) is 3.11. The highest BCUT2D eigenvalue weighted by molar-refractivity contribution is 5.46. The SMILES string of the molecule is CNCc1ccccc1CN(C)c1ccccc1. The molecule has 0 spiro atoms. The third-order valence-electron chi connectivity index (χ3n) is 3.09. The number of para-hydroxylation sites is 1. The molecule has 2 aromatic carbocycles. The first-order valence-corrected chi connectivity index (χ1v) is 6.29. The van der Waals surface area contributed by atoms with E-state index < -0.39 is 0 Å². The van der Waals surface area contributed by atoms with E-state index in [-0.39, 0.29) is 0 Å². The molecule has 0 aromatic heterocycles. The van der Waals surface area contributed by atoms with Crippen LogP contribution in [0.2, 0.25) is 0 Å². The van der Waals surface area contributed by atoms with Crippen LogP contribution in [-0.4, -0.2) is 14.1 Å². The topological polar surface area (TPSA) is 15.3 Å². The number of hydrogen-bond acceptors (Lipinski definition) is 2. The largest absolute Gasteiger partial charge is 0.370 e. The van der Waals surface area contributed by atoms with Gasteiger partial charge < -0.3 is 10.2 Å². The first-order chi connectivity index (χ1) is 8.81. The van der Waals surface area contributed by atoms with Crippen molar-refractivity contribution in [1.29, 1.82) is 0 Å². The van der Waals surface area contributed by atoms with Gasteiger partial charge in [0.15, 0.2) is 0 Å². The van der Waals surface area contributed by atoms with Crippen molar-refractivity contribution in [2.24, 2.45) is 0 Å². The molecule has 0 aliphatic rings. The Labute approximate surface area is 109 Å². The second kappa shape index (κ2) is 6.22. The second-order valence-corrected chi connectivity index (χ2v) is 4.49. The number of benzene rings is 2. The van der Waals surface area contributed by atoms with Gasteiger partial charge in [-0.25, -0.2) is 0 Å². The summed E-state index contributed by atoms with van der Waals surface area (Å²) in [4.78, 5) is 2.27. The van der Waals surface area contributed by atoms with Crippen molar-refractivity contribution in [1.82, 2.24) is 5.32 Å². The van der Waals surface area contributed by atoms with Crippen molar-refractivity contribution in [2.45, 2.75) is 13.1 Å². The minimum atomic E-state index is 0.915. The Morgan fingerprint density at radius 1 is 0.889 bits per heavy atom. The lowest BCUT2D eigenvalue weighted by Crippen LogP contribution is -2.18. The van der Waals surface area contributed by atoms with Gasteiger partial charge in [0.1, 0.15) is 0 Å². The molecule has 2 heteroatoms. The average Bonchev–Trinajstić information content (AvgIpc) is 2.42. The van der Waals surface area contributed by atoms with Crippen LogP contribution >= 0.6 is 0 Å². The molecule has 2 aromatic rings. The Morgan fingerprint density at radius 2 is 1.50 bits per heavy atom. The van der Waals surface area contributed by atoms with Crippen LogP contribution in [0.15, 0.2) is 54.6 Å². The molecule has 0 aliphatic heterocycles. The molecule has 0 bridgehead atoms.